The van der Waals surface area contributed by atoms with Gasteiger partial charge in [0.1, 0.15) is 5.82 Å². The fourth-order valence-electron chi connectivity index (χ4n) is 1.78. The number of hydrogen-bond acceptors (Lipinski definition) is 5. The summed E-state index contributed by atoms with van der Waals surface area (Å²) in [6.45, 7) is 3.89. The molecule has 0 spiro atoms. The lowest BCUT2D eigenvalue weighted by molar-refractivity contribution is 0.458. The molecule has 0 aliphatic rings. The predicted molar refractivity (Wildman–Crippen MR) is 84.2 cm³/mol. The van der Waals surface area contributed by atoms with Crippen LogP contribution in [0.2, 0.25) is 0 Å². The Morgan fingerprint density at radius 3 is 2.62 bits per heavy atom. The van der Waals surface area contributed by atoms with Crippen molar-refractivity contribution in [3.05, 3.63) is 40.4 Å². The maximum Gasteiger partial charge on any atom is 0.254 e. The van der Waals surface area contributed by atoms with Crippen molar-refractivity contribution in [1.82, 2.24) is 9.97 Å². The summed E-state index contributed by atoms with van der Waals surface area (Å²) in [6.07, 6.45) is 0. The Morgan fingerprint density at radius 2 is 2.00 bits per heavy atom. The van der Waals surface area contributed by atoms with E-state index in [0.29, 0.717) is 17.3 Å². The lowest BCUT2D eigenvalue weighted by Gasteiger charge is -2.15. The van der Waals surface area contributed by atoms with Crippen molar-refractivity contribution in [2.75, 3.05) is 24.7 Å². The van der Waals surface area contributed by atoms with Crippen LogP contribution in [0.15, 0.2) is 29.1 Å². The molecule has 2 aromatic rings. The van der Waals surface area contributed by atoms with Gasteiger partial charge in [0.05, 0.1) is 11.8 Å². The summed E-state index contributed by atoms with van der Waals surface area (Å²) in [6, 6.07) is 6.79. The molecule has 0 atom stereocenters. The lowest BCUT2D eigenvalue weighted by Crippen LogP contribution is -2.12. The van der Waals surface area contributed by atoms with Crippen LogP contribution in [-0.4, -0.2) is 24.1 Å². The second-order valence-corrected chi connectivity index (χ2v) is 5.34. The molecular formula is C15H20N4O2. The van der Waals surface area contributed by atoms with Crippen LogP contribution in [0.1, 0.15) is 25.6 Å². The molecular weight excluding hydrogens is 268 g/mol. The van der Waals surface area contributed by atoms with Gasteiger partial charge in [0.2, 0.25) is 5.88 Å². The van der Waals surface area contributed by atoms with Gasteiger partial charge >= 0.3 is 0 Å². The van der Waals surface area contributed by atoms with Gasteiger partial charge in [-0.05, 0) is 12.1 Å². The van der Waals surface area contributed by atoms with Crippen molar-refractivity contribution < 1.29 is 4.74 Å². The molecule has 0 bridgehead atoms. The number of hydrogen-bond donors (Lipinski definition) is 2. The molecule has 0 amide bonds. The van der Waals surface area contributed by atoms with Crippen molar-refractivity contribution in [3.63, 3.8) is 0 Å². The first kappa shape index (κ1) is 14.9. The Kier molecular flexibility index (Phi) is 4.16. The van der Waals surface area contributed by atoms with Crippen molar-refractivity contribution in [2.45, 2.75) is 19.8 Å². The number of rotatable bonds is 4. The molecule has 0 aliphatic carbocycles. The van der Waals surface area contributed by atoms with Crippen LogP contribution in [0.5, 0.6) is 11.6 Å². The molecule has 6 heteroatoms. The van der Waals surface area contributed by atoms with E-state index in [-0.39, 0.29) is 17.4 Å². The molecule has 0 fully saturated rings. The summed E-state index contributed by atoms with van der Waals surface area (Å²) in [5.41, 5.74) is 7.12. The molecule has 0 saturated carbocycles. The number of H-pyrrole nitrogens is 1. The number of nitrogens with one attached hydrogen (secondary N) is 1. The van der Waals surface area contributed by atoms with E-state index in [1.54, 1.807) is 6.07 Å². The largest absolute Gasteiger partial charge is 0.437 e. The fraction of sp³-hybridized carbons (Fsp3) is 0.333. The van der Waals surface area contributed by atoms with Gasteiger partial charge in [0.15, 0.2) is 5.75 Å². The SMILES string of the molecule is CC(C)c1nc(Oc2cc(N(C)C)ccc2N)cc(=O)[nH]1. The summed E-state index contributed by atoms with van der Waals surface area (Å²) in [5.74, 6) is 1.41. The van der Waals surface area contributed by atoms with Gasteiger partial charge in [-0.2, -0.15) is 4.98 Å². The highest BCUT2D eigenvalue weighted by Crippen LogP contribution is 2.30. The van der Waals surface area contributed by atoms with Crippen LogP contribution in [0.3, 0.4) is 0 Å². The maximum atomic E-state index is 11.7. The molecule has 1 heterocycles. The number of nitrogen functional groups attached to an aromatic ring is 1. The minimum absolute atomic E-state index is 0.103. The van der Waals surface area contributed by atoms with Gasteiger partial charge in [-0.15, -0.1) is 0 Å². The van der Waals surface area contributed by atoms with Gasteiger partial charge in [0, 0.05) is 31.8 Å². The molecule has 0 unspecified atom stereocenters. The van der Waals surface area contributed by atoms with E-state index < -0.39 is 0 Å². The van der Waals surface area contributed by atoms with Crippen molar-refractivity contribution in [2.24, 2.45) is 0 Å². The smallest absolute Gasteiger partial charge is 0.254 e. The Bertz CT molecular complexity index is 692. The molecule has 0 aliphatic heterocycles. The normalized spacial score (nSPS) is 10.7. The monoisotopic (exact) mass is 288 g/mol. The molecule has 112 valence electrons. The third-order valence-electron chi connectivity index (χ3n) is 3.01. The van der Waals surface area contributed by atoms with Crippen molar-refractivity contribution in [3.8, 4) is 11.6 Å². The van der Waals surface area contributed by atoms with Crippen LogP contribution >= 0.6 is 0 Å². The maximum absolute atomic E-state index is 11.7. The highest BCUT2D eigenvalue weighted by molar-refractivity contribution is 5.62. The fourth-order valence-corrected chi connectivity index (χ4v) is 1.78. The number of anilines is 2. The van der Waals surface area contributed by atoms with Crippen LogP contribution in [0.25, 0.3) is 0 Å². The Hall–Kier alpha value is -2.50. The molecule has 1 aromatic carbocycles. The minimum atomic E-state index is -0.244. The van der Waals surface area contributed by atoms with Gasteiger partial charge < -0.3 is 20.4 Å². The minimum Gasteiger partial charge on any atom is -0.437 e. The zero-order valence-electron chi connectivity index (χ0n) is 12.7. The second kappa shape index (κ2) is 5.87. The quantitative estimate of drug-likeness (QED) is 0.844. The van der Waals surface area contributed by atoms with E-state index in [0.717, 1.165) is 5.69 Å². The standard InChI is InChI=1S/C15H20N4O2/c1-9(2)15-17-13(20)8-14(18-15)21-12-7-10(19(3)4)5-6-11(12)16/h5-9H,16H2,1-4H3,(H,17,18,20). The molecule has 0 radical (unpaired) electrons. The zero-order chi connectivity index (χ0) is 15.6. The molecule has 6 nitrogen and oxygen atoms in total. The highest BCUT2D eigenvalue weighted by atomic mass is 16.5. The van der Waals surface area contributed by atoms with Crippen molar-refractivity contribution in [1.29, 1.82) is 0 Å². The summed E-state index contributed by atoms with van der Waals surface area (Å²) in [7, 11) is 3.86. The predicted octanol–water partition coefficient (Wildman–Crippen LogP) is 2.33. The average Bonchev–Trinajstić information content (AvgIpc) is 2.40. The first-order valence-corrected chi connectivity index (χ1v) is 6.73. The molecule has 2 rings (SSSR count). The third-order valence-corrected chi connectivity index (χ3v) is 3.01. The Balaban J connectivity index is 2.38. The highest BCUT2D eigenvalue weighted by Gasteiger charge is 2.10. The first-order chi connectivity index (χ1) is 9.86. The van der Waals surface area contributed by atoms with Crippen LogP contribution in [0, 0.1) is 0 Å². The third kappa shape index (κ3) is 3.53. The Morgan fingerprint density at radius 1 is 1.29 bits per heavy atom. The van der Waals surface area contributed by atoms with Gasteiger partial charge in [-0.1, -0.05) is 13.8 Å². The van der Waals surface area contributed by atoms with E-state index in [9.17, 15) is 4.79 Å². The number of nitrogens with two attached hydrogens (primary N) is 1. The number of benzene rings is 1. The second-order valence-electron chi connectivity index (χ2n) is 5.34. The van der Waals surface area contributed by atoms with Crippen LogP contribution in [-0.2, 0) is 0 Å². The molecule has 1 aromatic heterocycles. The van der Waals surface area contributed by atoms with Gasteiger partial charge in [-0.3, -0.25) is 4.79 Å². The van der Waals surface area contributed by atoms with E-state index in [1.165, 1.54) is 6.07 Å². The topological polar surface area (TPSA) is 84.2 Å². The van der Waals surface area contributed by atoms with Gasteiger partial charge in [0.25, 0.3) is 5.56 Å². The summed E-state index contributed by atoms with van der Waals surface area (Å²) in [5, 5.41) is 0. The lowest BCUT2D eigenvalue weighted by atomic mass is 10.2. The number of ether oxygens (including phenoxy) is 1. The molecule has 21 heavy (non-hydrogen) atoms. The van der Waals surface area contributed by atoms with Crippen LogP contribution < -0.4 is 20.9 Å². The van der Waals surface area contributed by atoms with E-state index >= 15 is 0 Å². The summed E-state index contributed by atoms with van der Waals surface area (Å²) >= 11 is 0. The molecule has 3 N–H and O–H groups in total. The molecule has 0 saturated heterocycles. The van der Waals surface area contributed by atoms with Crippen molar-refractivity contribution >= 4 is 11.4 Å². The van der Waals surface area contributed by atoms with Gasteiger partial charge in [-0.25, -0.2) is 0 Å². The zero-order valence-corrected chi connectivity index (χ0v) is 12.7. The Labute approximate surface area is 123 Å². The van der Waals surface area contributed by atoms with E-state index in [2.05, 4.69) is 9.97 Å². The van der Waals surface area contributed by atoms with Crippen LogP contribution in [0.4, 0.5) is 11.4 Å². The first-order valence-electron chi connectivity index (χ1n) is 6.73. The summed E-state index contributed by atoms with van der Waals surface area (Å²) in [4.78, 5) is 20.6. The van der Waals surface area contributed by atoms with E-state index in [1.807, 2.05) is 45.0 Å². The summed E-state index contributed by atoms with van der Waals surface area (Å²) < 4.78 is 5.69. The average molecular weight is 288 g/mol. The number of nitrogens with zero attached hydrogens (tertiary/aromatic N) is 2. The number of aromatic amines is 1. The number of aromatic nitrogens is 2. The van der Waals surface area contributed by atoms with E-state index in [4.69, 9.17) is 10.5 Å².